The lowest BCUT2D eigenvalue weighted by molar-refractivity contribution is 0.0477. The molecule has 0 saturated heterocycles. The fourth-order valence-corrected chi connectivity index (χ4v) is 3.62. The molecule has 154 valence electrons. The summed E-state index contributed by atoms with van der Waals surface area (Å²) in [4.78, 5) is 12.1. The van der Waals surface area contributed by atoms with Crippen LogP contribution >= 0.6 is 0 Å². The second kappa shape index (κ2) is 8.30. The van der Waals surface area contributed by atoms with Crippen LogP contribution in [0.3, 0.4) is 0 Å². The monoisotopic (exact) mass is 409 g/mol. The van der Waals surface area contributed by atoms with Crippen molar-refractivity contribution in [2.75, 3.05) is 0 Å². The minimum atomic E-state index is -3.81. The number of ether oxygens (including phenoxy) is 1. The number of aryl methyl sites for hydroxylation is 1. The first-order chi connectivity index (χ1) is 12.9. The number of hydrogen-bond donors (Lipinski definition) is 1. The number of hydrogen-bond acceptors (Lipinski definition) is 7. The summed E-state index contributed by atoms with van der Waals surface area (Å²) in [5.74, 6) is -0.355. The highest BCUT2D eigenvalue weighted by molar-refractivity contribution is 7.90. The van der Waals surface area contributed by atoms with Crippen molar-refractivity contribution in [3.8, 4) is 0 Å². The van der Waals surface area contributed by atoms with Crippen molar-refractivity contribution in [2.24, 2.45) is 5.92 Å². The molecule has 8 nitrogen and oxygen atoms in total. The Morgan fingerprint density at radius 2 is 1.93 bits per heavy atom. The maximum absolute atomic E-state index is 12.6. The van der Waals surface area contributed by atoms with Gasteiger partial charge in [-0.2, -0.15) is 0 Å². The molecule has 0 aliphatic carbocycles. The maximum Gasteiger partial charge on any atom is 0.408 e. The Morgan fingerprint density at radius 1 is 1.25 bits per heavy atom. The number of benzene rings is 1. The third kappa shape index (κ3) is 6.05. The highest BCUT2D eigenvalue weighted by atomic mass is 32.2. The van der Waals surface area contributed by atoms with Crippen LogP contribution in [0.15, 0.2) is 33.9 Å². The number of amides is 1. The van der Waals surface area contributed by atoms with Crippen LogP contribution in [0.25, 0.3) is 0 Å². The molecule has 1 heterocycles. The number of aromatic nitrogens is 2. The van der Waals surface area contributed by atoms with Crippen molar-refractivity contribution in [1.29, 1.82) is 0 Å². The van der Waals surface area contributed by atoms with Crippen molar-refractivity contribution in [2.45, 2.75) is 64.2 Å². The molecule has 0 unspecified atom stereocenters. The van der Waals surface area contributed by atoms with Crippen molar-refractivity contribution >= 4 is 15.9 Å². The quantitative estimate of drug-likeness (QED) is 0.776. The summed E-state index contributed by atoms with van der Waals surface area (Å²) in [6.45, 7) is 10.8. The first-order valence-electron chi connectivity index (χ1n) is 8.98. The molecule has 0 aliphatic rings. The van der Waals surface area contributed by atoms with E-state index in [1.165, 1.54) is 0 Å². The minimum Gasteiger partial charge on any atom is -0.444 e. The van der Waals surface area contributed by atoms with Gasteiger partial charge >= 0.3 is 11.3 Å². The van der Waals surface area contributed by atoms with E-state index in [9.17, 15) is 13.2 Å². The second-order valence-electron chi connectivity index (χ2n) is 8.02. The smallest absolute Gasteiger partial charge is 0.408 e. The Balaban J connectivity index is 2.20. The fourth-order valence-electron chi connectivity index (χ4n) is 2.50. The van der Waals surface area contributed by atoms with E-state index >= 15 is 0 Å². The largest absolute Gasteiger partial charge is 0.444 e. The molecule has 1 amide bonds. The van der Waals surface area contributed by atoms with Crippen molar-refractivity contribution in [1.82, 2.24) is 15.5 Å². The number of alkyl carbamates (subject to hydrolysis) is 1. The van der Waals surface area contributed by atoms with Gasteiger partial charge in [0.25, 0.3) is 0 Å². The zero-order chi connectivity index (χ0) is 21.1. The second-order valence-corrected chi connectivity index (χ2v) is 9.89. The van der Waals surface area contributed by atoms with E-state index in [0.29, 0.717) is 5.56 Å². The lowest BCUT2D eigenvalue weighted by atomic mass is 10.1. The minimum absolute atomic E-state index is 0.0173. The fraction of sp³-hybridized carbons (Fsp3) is 0.526. The summed E-state index contributed by atoms with van der Waals surface area (Å²) in [7, 11) is -3.81. The van der Waals surface area contributed by atoms with Gasteiger partial charge in [0.05, 0.1) is 5.75 Å². The molecule has 1 N–H and O–H groups in total. The van der Waals surface area contributed by atoms with Gasteiger partial charge in [-0.15, -0.1) is 5.10 Å². The van der Waals surface area contributed by atoms with E-state index < -0.39 is 32.8 Å². The van der Waals surface area contributed by atoms with Gasteiger partial charge in [-0.3, -0.25) is 0 Å². The average Bonchev–Trinajstić information content (AvgIpc) is 3.00. The Hall–Kier alpha value is -2.42. The molecular weight excluding hydrogens is 382 g/mol. The van der Waals surface area contributed by atoms with E-state index in [2.05, 4.69) is 15.5 Å². The first-order valence-corrected chi connectivity index (χ1v) is 10.6. The van der Waals surface area contributed by atoms with Gasteiger partial charge in [0.2, 0.25) is 15.7 Å². The number of nitrogens with one attached hydrogen (secondary N) is 1. The van der Waals surface area contributed by atoms with E-state index in [4.69, 9.17) is 9.15 Å². The predicted molar refractivity (Wildman–Crippen MR) is 103 cm³/mol. The standard InChI is InChI=1S/C19H27N3O5S/c1-12(2)15(20-17(23)27-19(4,5)6)16-21-22-18(26-16)28(24,25)11-14-9-7-8-13(3)10-14/h7-10,12,15H,11H2,1-6H3,(H,20,23)/t15-/m1/s1. The summed E-state index contributed by atoms with van der Waals surface area (Å²) >= 11 is 0. The third-order valence-electron chi connectivity index (χ3n) is 3.73. The SMILES string of the molecule is Cc1cccc(CS(=O)(=O)c2nnc([C@H](NC(=O)OC(C)(C)C)C(C)C)o2)c1. The third-order valence-corrected chi connectivity index (χ3v) is 5.14. The van der Waals surface area contributed by atoms with Crippen molar-refractivity contribution in [3.05, 3.63) is 41.3 Å². The highest BCUT2D eigenvalue weighted by Gasteiger charge is 2.30. The number of carbonyl (C=O) groups excluding carboxylic acids is 1. The zero-order valence-electron chi connectivity index (χ0n) is 17.0. The molecule has 2 rings (SSSR count). The van der Waals surface area contributed by atoms with E-state index in [0.717, 1.165) is 5.56 Å². The molecule has 1 aromatic heterocycles. The summed E-state index contributed by atoms with van der Waals surface area (Å²) in [6.07, 6.45) is -0.645. The van der Waals surface area contributed by atoms with Gasteiger partial charge in [-0.25, -0.2) is 13.2 Å². The van der Waals surface area contributed by atoms with Gasteiger partial charge in [0.1, 0.15) is 11.6 Å². The molecule has 0 spiro atoms. The lowest BCUT2D eigenvalue weighted by Crippen LogP contribution is -2.37. The van der Waals surface area contributed by atoms with E-state index in [-0.39, 0.29) is 17.6 Å². The predicted octanol–water partition coefficient (Wildman–Crippen LogP) is 3.57. The Kier molecular flexibility index (Phi) is 6.48. The van der Waals surface area contributed by atoms with Crippen LogP contribution in [-0.2, 0) is 20.3 Å². The Bertz CT molecular complexity index is 929. The van der Waals surface area contributed by atoms with Crippen LogP contribution < -0.4 is 5.32 Å². The molecule has 1 aromatic carbocycles. The normalized spacial score (nSPS) is 13.4. The molecule has 0 bridgehead atoms. The number of nitrogens with zero attached hydrogens (tertiary/aromatic N) is 2. The molecular formula is C19H27N3O5S. The molecule has 2 aromatic rings. The van der Waals surface area contributed by atoms with Crippen LogP contribution in [0.2, 0.25) is 0 Å². The van der Waals surface area contributed by atoms with Gasteiger partial charge in [-0.1, -0.05) is 48.8 Å². The van der Waals surface area contributed by atoms with Gasteiger partial charge < -0.3 is 14.5 Å². The number of sulfone groups is 1. The molecule has 9 heteroatoms. The summed E-state index contributed by atoms with van der Waals surface area (Å²) in [5.41, 5.74) is 0.926. The van der Waals surface area contributed by atoms with E-state index in [1.807, 2.05) is 26.8 Å². The summed E-state index contributed by atoms with van der Waals surface area (Å²) in [5, 5.41) is 9.73. The summed E-state index contributed by atoms with van der Waals surface area (Å²) < 4.78 is 35.9. The molecule has 28 heavy (non-hydrogen) atoms. The van der Waals surface area contributed by atoms with Crippen LogP contribution in [0.5, 0.6) is 0 Å². The highest BCUT2D eigenvalue weighted by Crippen LogP contribution is 2.24. The van der Waals surface area contributed by atoms with Crippen LogP contribution in [-0.4, -0.2) is 30.3 Å². The molecule has 0 radical (unpaired) electrons. The van der Waals surface area contributed by atoms with Crippen LogP contribution in [0.4, 0.5) is 4.79 Å². The topological polar surface area (TPSA) is 111 Å². The average molecular weight is 410 g/mol. The van der Waals surface area contributed by atoms with Crippen molar-refractivity contribution < 1.29 is 22.4 Å². The van der Waals surface area contributed by atoms with Gasteiger partial charge in [0.15, 0.2) is 0 Å². The van der Waals surface area contributed by atoms with Gasteiger partial charge in [0, 0.05) is 0 Å². The molecule has 0 saturated carbocycles. The molecule has 0 fully saturated rings. The number of rotatable bonds is 6. The Labute approximate surface area is 165 Å². The van der Waals surface area contributed by atoms with E-state index in [1.54, 1.807) is 39.0 Å². The van der Waals surface area contributed by atoms with Crippen molar-refractivity contribution in [3.63, 3.8) is 0 Å². The molecule has 0 aliphatic heterocycles. The van der Waals surface area contributed by atoms with Crippen LogP contribution in [0, 0.1) is 12.8 Å². The Morgan fingerprint density at radius 3 is 2.50 bits per heavy atom. The maximum atomic E-state index is 12.6. The first kappa shape index (κ1) is 21.9. The number of carbonyl (C=O) groups is 1. The van der Waals surface area contributed by atoms with Crippen LogP contribution in [0.1, 0.15) is 57.7 Å². The summed E-state index contributed by atoms with van der Waals surface area (Å²) in [6, 6.07) is 6.51. The van der Waals surface area contributed by atoms with Gasteiger partial charge in [-0.05, 0) is 39.2 Å². The lowest BCUT2D eigenvalue weighted by Gasteiger charge is -2.23. The molecule has 1 atom stereocenters. The zero-order valence-corrected chi connectivity index (χ0v) is 17.8.